The second kappa shape index (κ2) is 8.29. The molecule has 1 amide bonds. The van der Waals surface area contributed by atoms with Crippen molar-refractivity contribution in [2.75, 3.05) is 18.4 Å². The number of para-hydroxylation sites is 2. The number of piperidine rings is 1. The lowest BCUT2D eigenvalue weighted by Gasteiger charge is -2.31. The summed E-state index contributed by atoms with van der Waals surface area (Å²) in [6.45, 7) is 4.51. The van der Waals surface area contributed by atoms with Crippen LogP contribution in [0.2, 0.25) is 5.02 Å². The molecule has 1 aromatic heterocycles. The predicted molar refractivity (Wildman–Crippen MR) is 115 cm³/mol. The fourth-order valence-corrected chi connectivity index (χ4v) is 4.06. The van der Waals surface area contributed by atoms with Crippen LogP contribution in [-0.2, 0) is 11.3 Å². The van der Waals surface area contributed by atoms with Gasteiger partial charge in [-0.3, -0.25) is 9.69 Å². The largest absolute Gasteiger partial charge is 0.326 e. The van der Waals surface area contributed by atoms with Crippen molar-refractivity contribution in [3.05, 3.63) is 70.9 Å². The van der Waals surface area contributed by atoms with Crippen LogP contribution in [0.1, 0.15) is 24.1 Å². The van der Waals surface area contributed by atoms with Crippen molar-refractivity contribution >= 4 is 34.1 Å². The molecule has 144 valence electrons. The minimum absolute atomic E-state index is 0.0539. The van der Waals surface area contributed by atoms with Gasteiger partial charge in [-0.1, -0.05) is 48.0 Å². The summed E-state index contributed by atoms with van der Waals surface area (Å²) in [4.78, 5) is 19.6. The number of pyridine rings is 1. The second-order valence-corrected chi connectivity index (χ2v) is 7.80. The molecule has 0 spiro atoms. The molecular formula is C23H24ClN3O. The van der Waals surface area contributed by atoms with Crippen molar-refractivity contribution in [3.8, 4) is 0 Å². The predicted octanol–water partition coefficient (Wildman–Crippen LogP) is 5.05. The van der Waals surface area contributed by atoms with Crippen LogP contribution in [0.5, 0.6) is 0 Å². The molecule has 0 radical (unpaired) electrons. The Kier molecular flexibility index (Phi) is 5.60. The third-order valence-corrected chi connectivity index (χ3v) is 6.02. The molecule has 2 aromatic carbocycles. The van der Waals surface area contributed by atoms with E-state index in [2.05, 4.69) is 23.2 Å². The van der Waals surface area contributed by atoms with Crippen LogP contribution in [0, 0.1) is 12.8 Å². The van der Waals surface area contributed by atoms with Gasteiger partial charge in [0.25, 0.3) is 0 Å². The number of rotatable bonds is 4. The number of anilines is 1. The molecule has 1 fully saturated rings. The number of benzene rings is 2. The lowest BCUT2D eigenvalue weighted by atomic mass is 9.95. The van der Waals surface area contributed by atoms with Crippen LogP contribution < -0.4 is 5.32 Å². The highest BCUT2D eigenvalue weighted by Gasteiger charge is 2.26. The third kappa shape index (κ3) is 4.03. The fraction of sp³-hybridized carbons (Fsp3) is 0.304. The highest BCUT2D eigenvalue weighted by atomic mass is 35.5. The SMILES string of the molecule is Cc1c(Cl)c(CN2CCC(C(=O)Nc3ccccc3)CC2)nc2ccccc12. The standard InChI is InChI=1S/C23H24ClN3O/c1-16-19-9-5-6-10-20(19)26-21(22(16)24)15-27-13-11-17(12-14-27)23(28)25-18-7-3-2-4-8-18/h2-10,17H,11-15H2,1H3,(H,25,28). The molecule has 4 rings (SSSR count). The third-order valence-electron chi connectivity index (χ3n) is 5.52. The Morgan fingerprint density at radius 2 is 1.79 bits per heavy atom. The number of halogens is 1. The molecular weight excluding hydrogens is 370 g/mol. The molecule has 0 aliphatic carbocycles. The summed E-state index contributed by atoms with van der Waals surface area (Å²) < 4.78 is 0. The number of fused-ring (bicyclic) bond motifs is 1. The summed E-state index contributed by atoms with van der Waals surface area (Å²) in [6.07, 6.45) is 1.70. The summed E-state index contributed by atoms with van der Waals surface area (Å²) in [5, 5.41) is 4.88. The van der Waals surface area contributed by atoms with Gasteiger partial charge in [-0.25, -0.2) is 4.98 Å². The van der Waals surface area contributed by atoms with Crippen LogP contribution in [-0.4, -0.2) is 28.9 Å². The molecule has 4 nitrogen and oxygen atoms in total. The van der Waals surface area contributed by atoms with Gasteiger partial charge in [-0.15, -0.1) is 0 Å². The maximum absolute atomic E-state index is 12.5. The first-order valence-corrected chi connectivity index (χ1v) is 10.1. The van der Waals surface area contributed by atoms with Gasteiger partial charge in [0.2, 0.25) is 5.91 Å². The molecule has 1 saturated heterocycles. The van der Waals surface area contributed by atoms with Crippen molar-refractivity contribution in [1.82, 2.24) is 9.88 Å². The van der Waals surface area contributed by atoms with Gasteiger partial charge in [0.15, 0.2) is 0 Å². The van der Waals surface area contributed by atoms with Crippen molar-refractivity contribution in [2.45, 2.75) is 26.3 Å². The number of nitrogens with one attached hydrogen (secondary N) is 1. The van der Waals surface area contributed by atoms with Crippen LogP contribution in [0.3, 0.4) is 0 Å². The summed E-state index contributed by atoms with van der Waals surface area (Å²) in [5.74, 6) is 0.168. The molecule has 0 unspecified atom stereocenters. The van der Waals surface area contributed by atoms with E-state index in [0.29, 0.717) is 0 Å². The Hall–Kier alpha value is -2.43. The Morgan fingerprint density at radius 1 is 1.11 bits per heavy atom. The normalized spacial score (nSPS) is 15.6. The van der Waals surface area contributed by atoms with Gasteiger partial charge < -0.3 is 5.32 Å². The quantitative estimate of drug-likeness (QED) is 0.674. The zero-order valence-electron chi connectivity index (χ0n) is 16.0. The molecule has 28 heavy (non-hydrogen) atoms. The number of hydrogen-bond donors (Lipinski definition) is 1. The average Bonchev–Trinajstić information content (AvgIpc) is 2.73. The molecule has 1 aliphatic heterocycles. The van der Waals surface area contributed by atoms with Crippen molar-refractivity contribution in [2.24, 2.45) is 5.92 Å². The summed E-state index contributed by atoms with van der Waals surface area (Å²) in [5.41, 5.74) is 3.85. The second-order valence-electron chi connectivity index (χ2n) is 7.42. The van der Waals surface area contributed by atoms with Gasteiger partial charge in [-0.05, 0) is 56.6 Å². The minimum Gasteiger partial charge on any atom is -0.326 e. The van der Waals surface area contributed by atoms with E-state index >= 15 is 0 Å². The number of aromatic nitrogens is 1. The molecule has 3 aromatic rings. The van der Waals surface area contributed by atoms with E-state index in [1.54, 1.807) is 0 Å². The summed E-state index contributed by atoms with van der Waals surface area (Å²) in [6, 6.07) is 17.8. The number of aryl methyl sites for hydroxylation is 1. The molecule has 0 atom stereocenters. The summed E-state index contributed by atoms with van der Waals surface area (Å²) >= 11 is 6.61. The van der Waals surface area contributed by atoms with E-state index in [4.69, 9.17) is 16.6 Å². The first-order valence-electron chi connectivity index (χ1n) is 9.74. The van der Waals surface area contributed by atoms with Gasteiger partial charge in [0.05, 0.1) is 16.2 Å². The average molecular weight is 394 g/mol. The molecule has 1 aliphatic rings. The maximum Gasteiger partial charge on any atom is 0.227 e. The van der Waals surface area contributed by atoms with E-state index in [9.17, 15) is 4.79 Å². The smallest absolute Gasteiger partial charge is 0.227 e. The molecule has 5 heteroatoms. The van der Waals surface area contributed by atoms with Crippen LogP contribution >= 0.6 is 11.6 Å². The Balaban J connectivity index is 1.39. The van der Waals surface area contributed by atoms with Crippen LogP contribution in [0.4, 0.5) is 5.69 Å². The van der Waals surface area contributed by atoms with E-state index in [1.165, 1.54) is 0 Å². The highest BCUT2D eigenvalue weighted by molar-refractivity contribution is 6.32. The van der Waals surface area contributed by atoms with Crippen molar-refractivity contribution in [1.29, 1.82) is 0 Å². The molecule has 0 saturated carbocycles. The molecule has 2 heterocycles. The maximum atomic E-state index is 12.5. The fourth-order valence-electron chi connectivity index (χ4n) is 3.85. The van der Waals surface area contributed by atoms with Gasteiger partial charge in [0.1, 0.15) is 0 Å². The number of carbonyl (C=O) groups is 1. The van der Waals surface area contributed by atoms with E-state index in [1.807, 2.05) is 48.5 Å². The number of hydrogen-bond acceptors (Lipinski definition) is 3. The van der Waals surface area contributed by atoms with Crippen LogP contribution in [0.25, 0.3) is 10.9 Å². The van der Waals surface area contributed by atoms with E-state index in [-0.39, 0.29) is 11.8 Å². The Labute approximate surface area is 170 Å². The zero-order valence-corrected chi connectivity index (χ0v) is 16.7. The first kappa shape index (κ1) is 18.9. The van der Waals surface area contributed by atoms with Crippen molar-refractivity contribution < 1.29 is 4.79 Å². The van der Waals surface area contributed by atoms with Gasteiger partial charge in [0, 0.05) is 23.5 Å². The molecule has 1 N–H and O–H groups in total. The number of carbonyl (C=O) groups excluding carboxylic acids is 1. The monoisotopic (exact) mass is 393 g/mol. The minimum atomic E-state index is 0.0539. The van der Waals surface area contributed by atoms with E-state index in [0.717, 1.165) is 65.3 Å². The Bertz CT molecular complexity index is 982. The number of likely N-dealkylation sites (tertiary alicyclic amines) is 1. The zero-order chi connectivity index (χ0) is 19.5. The topological polar surface area (TPSA) is 45.2 Å². The number of nitrogens with zero attached hydrogens (tertiary/aromatic N) is 2. The van der Waals surface area contributed by atoms with Crippen molar-refractivity contribution in [3.63, 3.8) is 0 Å². The highest BCUT2D eigenvalue weighted by Crippen LogP contribution is 2.29. The summed E-state index contributed by atoms with van der Waals surface area (Å²) in [7, 11) is 0. The van der Waals surface area contributed by atoms with Gasteiger partial charge >= 0.3 is 0 Å². The van der Waals surface area contributed by atoms with Crippen LogP contribution in [0.15, 0.2) is 54.6 Å². The van der Waals surface area contributed by atoms with E-state index < -0.39 is 0 Å². The lowest BCUT2D eigenvalue weighted by molar-refractivity contribution is -0.121. The number of amides is 1. The first-order chi connectivity index (χ1) is 13.6. The van der Waals surface area contributed by atoms with Gasteiger partial charge in [-0.2, -0.15) is 0 Å². The Morgan fingerprint density at radius 3 is 2.54 bits per heavy atom. The molecule has 0 bridgehead atoms. The lowest BCUT2D eigenvalue weighted by Crippen LogP contribution is -2.38.